The van der Waals surface area contributed by atoms with E-state index in [0.29, 0.717) is 45.9 Å². The monoisotopic (exact) mass is 440 g/mol. The summed E-state index contributed by atoms with van der Waals surface area (Å²) in [5.74, 6) is -0.667. The molecule has 0 heterocycles. The zero-order valence-corrected chi connectivity index (χ0v) is 17.4. The highest BCUT2D eigenvalue weighted by molar-refractivity contribution is 5.88. The van der Waals surface area contributed by atoms with Crippen LogP contribution in [0.25, 0.3) is 21.9 Å². The van der Waals surface area contributed by atoms with Crippen LogP contribution < -0.4 is 0 Å². The Bertz CT molecular complexity index is 1250. The van der Waals surface area contributed by atoms with Crippen LogP contribution in [-0.2, 0) is 25.4 Å². The Morgan fingerprint density at radius 2 is 1.44 bits per heavy atom. The van der Waals surface area contributed by atoms with Crippen molar-refractivity contribution >= 4 is 10.8 Å². The van der Waals surface area contributed by atoms with Crippen LogP contribution >= 0.6 is 0 Å². The lowest BCUT2D eigenvalue weighted by atomic mass is 9.96. The van der Waals surface area contributed by atoms with Crippen LogP contribution in [0.1, 0.15) is 29.2 Å². The van der Waals surface area contributed by atoms with Gasteiger partial charge in [0.1, 0.15) is 11.6 Å². The number of rotatable bonds is 5. The minimum Gasteiger partial charge on any atom is -0.206 e. The number of fused-ring (bicyclic) bond motifs is 1. The number of benzene rings is 4. The molecule has 4 rings (SSSR count). The van der Waals surface area contributed by atoms with Crippen molar-refractivity contribution in [1.29, 1.82) is 0 Å². The molecule has 4 aromatic carbocycles. The summed E-state index contributed by atoms with van der Waals surface area (Å²) < 4.78 is 67.6. The van der Waals surface area contributed by atoms with Crippen LogP contribution in [0.5, 0.6) is 0 Å². The molecule has 5 heteroatoms. The average molecular weight is 440 g/mol. The average Bonchev–Trinajstić information content (AvgIpc) is 2.78. The van der Waals surface area contributed by atoms with E-state index in [9.17, 15) is 17.6 Å². The fourth-order valence-corrected chi connectivity index (χ4v) is 3.85. The van der Waals surface area contributed by atoms with Gasteiger partial charge in [0.15, 0.2) is 0 Å². The summed E-state index contributed by atoms with van der Waals surface area (Å²) in [7, 11) is 0. The molecule has 0 aliphatic heterocycles. The van der Waals surface area contributed by atoms with Crippen molar-refractivity contribution in [2.45, 2.75) is 32.4 Å². The SMILES string of the molecule is CCc1ccc(-c2ccc3c(F)c(CCc4ccc(C(F)(F)F)cc4)ccc3c2)c(F)c1. The Balaban J connectivity index is 1.56. The first-order chi connectivity index (χ1) is 15.3. The van der Waals surface area contributed by atoms with Crippen LogP contribution in [0.4, 0.5) is 22.0 Å². The second-order valence-electron chi connectivity index (χ2n) is 7.84. The number of hydrogen-bond acceptors (Lipinski definition) is 0. The van der Waals surface area contributed by atoms with E-state index in [1.807, 2.05) is 13.0 Å². The summed E-state index contributed by atoms with van der Waals surface area (Å²) >= 11 is 0. The van der Waals surface area contributed by atoms with Gasteiger partial charge in [0, 0.05) is 10.9 Å². The van der Waals surface area contributed by atoms with Crippen LogP contribution in [0.15, 0.2) is 72.8 Å². The second-order valence-corrected chi connectivity index (χ2v) is 7.84. The summed E-state index contributed by atoms with van der Waals surface area (Å²) in [6.07, 6.45) is -2.84. The Hall–Kier alpha value is -3.21. The molecule has 0 aliphatic rings. The van der Waals surface area contributed by atoms with Crippen molar-refractivity contribution < 1.29 is 22.0 Å². The molecule has 0 aliphatic carbocycles. The number of hydrogen-bond donors (Lipinski definition) is 0. The lowest BCUT2D eigenvalue weighted by molar-refractivity contribution is -0.137. The largest absolute Gasteiger partial charge is 0.416 e. The van der Waals surface area contributed by atoms with Gasteiger partial charge in [-0.05, 0) is 71.2 Å². The number of halogens is 5. The van der Waals surface area contributed by atoms with Crippen molar-refractivity contribution in [3.63, 3.8) is 0 Å². The van der Waals surface area contributed by atoms with Crippen molar-refractivity contribution in [2.24, 2.45) is 0 Å². The summed E-state index contributed by atoms with van der Waals surface area (Å²) in [6, 6.07) is 18.7. The maximum absolute atomic E-state index is 15.1. The molecule has 0 atom stereocenters. The lowest BCUT2D eigenvalue weighted by Crippen LogP contribution is -2.04. The molecule has 0 N–H and O–H groups in total. The molecule has 0 radical (unpaired) electrons. The van der Waals surface area contributed by atoms with Gasteiger partial charge in [-0.3, -0.25) is 0 Å². The minimum atomic E-state index is -4.37. The van der Waals surface area contributed by atoms with E-state index >= 15 is 4.39 Å². The summed E-state index contributed by atoms with van der Waals surface area (Å²) in [5, 5.41) is 1.10. The van der Waals surface area contributed by atoms with Crippen molar-refractivity contribution in [3.05, 3.63) is 107 Å². The zero-order valence-electron chi connectivity index (χ0n) is 17.4. The molecule has 0 unspecified atom stereocenters. The molecule has 0 nitrogen and oxygen atoms in total. The normalized spacial score (nSPS) is 11.8. The Labute approximate surface area is 183 Å². The molecular weight excluding hydrogens is 419 g/mol. The van der Waals surface area contributed by atoms with Crippen LogP contribution in [0.2, 0.25) is 0 Å². The fraction of sp³-hybridized carbons (Fsp3) is 0.185. The van der Waals surface area contributed by atoms with Gasteiger partial charge in [-0.25, -0.2) is 8.78 Å². The van der Waals surface area contributed by atoms with Crippen molar-refractivity contribution in [3.8, 4) is 11.1 Å². The topological polar surface area (TPSA) is 0 Å². The van der Waals surface area contributed by atoms with Gasteiger partial charge in [-0.1, -0.05) is 55.5 Å². The predicted molar refractivity (Wildman–Crippen MR) is 118 cm³/mol. The van der Waals surface area contributed by atoms with Gasteiger partial charge in [0.2, 0.25) is 0 Å². The maximum Gasteiger partial charge on any atom is 0.416 e. The van der Waals surface area contributed by atoms with Crippen molar-refractivity contribution in [1.82, 2.24) is 0 Å². The van der Waals surface area contributed by atoms with E-state index in [1.165, 1.54) is 18.2 Å². The third-order valence-corrected chi connectivity index (χ3v) is 5.75. The number of aryl methyl sites for hydroxylation is 3. The van der Waals surface area contributed by atoms with Gasteiger partial charge in [0.05, 0.1) is 5.56 Å². The second kappa shape index (κ2) is 8.73. The molecule has 164 valence electrons. The first-order valence-corrected chi connectivity index (χ1v) is 10.4. The predicted octanol–water partition coefficient (Wildman–Crippen LogP) is 8.15. The van der Waals surface area contributed by atoms with Crippen LogP contribution in [0.3, 0.4) is 0 Å². The van der Waals surface area contributed by atoms with Gasteiger partial charge < -0.3 is 0 Å². The Kier molecular flexibility index (Phi) is 6.00. The first kappa shape index (κ1) is 22.0. The van der Waals surface area contributed by atoms with Gasteiger partial charge >= 0.3 is 6.18 Å². The molecule has 0 saturated heterocycles. The molecule has 0 aromatic heterocycles. The summed E-state index contributed by atoms with van der Waals surface area (Å²) in [6.45, 7) is 1.96. The van der Waals surface area contributed by atoms with E-state index in [-0.39, 0.29) is 11.6 Å². The standard InChI is InChI=1S/C27H21F5/c1-2-17-6-13-23(25(28)15-17)20-10-14-24-21(16-20)9-8-19(26(24)29)7-3-18-4-11-22(12-5-18)27(30,31)32/h4-6,8-16H,2-3,7H2,1H3. The first-order valence-electron chi connectivity index (χ1n) is 10.4. The summed E-state index contributed by atoms with van der Waals surface area (Å²) in [4.78, 5) is 0. The van der Waals surface area contributed by atoms with E-state index in [1.54, 1.807) is 36.4 Å². The fourth-order valence-electron chi connectivity index (χ4n) is 3.85. The summed E-state index contributed by atoms with van der Waals surface area (Å²) in [5.41, 5.74) is 2.55. The molecule has 0 saturated carbocycles. The molecule has 0 spiro atoms. The van der Waals surface area contributed by atoms with Crippen LogP contribution in [-0.4, -0.2) is 0 Å². The molecule has 4 aromatic rings. The molecule has 0 fully saturated rings. The van der Waals surface area contributed by atoms with E-state index in [2.05, 4.69) is 0 Å². The third kappa shape index (κ3) is 4.52. The highest BCUT2D eigenvalue weighted by Crippen LogP contribution is 2.31. The zero-order chi connectivity index (χ0) is 22.9. The smallest absolute Gasteiger partial charge is 0.206 e. The quantitative estimate of drug-likeness (QED) is 0.275. The molecule has 0 amide bonds. The highest BCUT2D eigenvalue weighted by Gasteiger charge is 2.29. The molecule has 32 heavy (non-hydrogen) atoms. The number of alkyl halides is 3. The maximum atomic E-state index is 15.1. The third-order valence-electron chi connectivity index (χ3n) is 5.75. The van der Waals surface area contributed by atoms with E-state index in [4.69, 9.17) is 0 Å². The highest BCUT2D eigenvalue weighted by atomic mass is 19.4. The molecular formula is C27H21F5. The minimum absolute atomic E-state index is 0.308. The van der Waals surface area contributed by atoms with E-state index < -0.39 is 11.7 Å². The Morgan fingerprint density at radius 3 is 2.09 bits per heavy atom. The van der Waals surface area contributed by atoms with Crippen molar-refractivity contribution in [2.75, 3.05) is 0 Å². The molecule has 0 bridgehead atoms. The lowest BCUT2D eigenvalue weighted by Gasteiger charge is -2.11. The van der Waals surface area contributed by atoms with Gasteiger partial charge in [-0.2, -0.15) is 13.2 Å². The van der Waals surface area contributed by atoms with E-state index in [0.717, 1.165) is 24.1 Å². The Morgan fingerprint density at radius 1 is 0.719 bits per heavy atom. The van der Waals surface area contributed by atoms with Gasteiger partial charge in [-0.15, -0.1) is 0 Å². The van der Waals surface area contributed by atoms with Gasteiger partial charge in [0.25, 0.3) is 0 Å². The van der Waals surface area contributed by atoms with Crippen LogP contribution in [0, 0.1) is 11.6 Å².